The summed E-state index contributed by atoms with van der Waals surface area (Å²) in [5, 5.41) is 3.21. The van der Waals surface area contributed by atoms with Crippen LogP contribution in [0.15, 0.2) is 10.6 Å². The van der Waals surface area contributed by atoms with Crippen LogP contribution in [0, 0.1) is 13.8 Å². The Morgan fingerprint density at radius 3 is 2.60 bits per heavy atom. The minimum absolute atomic E-state index is 0.473. The summed E-state index contributed by atoms with van der Waals surface area (Å²) in [5.41, 5.74) is 3.48. The van der Waals surface area contributed by atoms with Crippen molar-refractivity contribution in [2.24, 2.45) is 5.84 Å². The van der Waals surface area contributed by atoms with E-state index in [0.29, 0.717) is 18.3 Å². The van der Waals surface area contributed by atoms with Crippen molar-refractivity contribution in [1.29, 1.82) is 0 Å². The maximum absolute atomic E-state index is 5.50. The average Bonchev–Trinajstić information content (AvgIpc) is 2.85. The van der Waals surface area contributed by atoms with Crippen LogP contribution in [-0.4, -0.2) is 15.0 Å². The molecule has 7 heteroatoms. The van der Waals surface area contributed by atoms with Crippen molar-refractivity contribution in [3.8, 4) is 0 Å². The second-order valence-corrected chi connectivity index (χ2v) is 4.57. The second-order valence-electron chi connectivity index (χ2n) is 4.57. The topological polar surface area (TPSA) is 102 Å². The van der Waals surface area contributed by atoms with Crippen molar-refractivity contribution in [2.45, 2.75) is 40.2 Å². The molecule has 0 unspecified atom stereocenters. The van der Waals surface area contributed by atoms with E-state index in [4.69, 9.17) is 10.3 Å². The van der Waals surface area contributed by atoms with Crippen LogP contribution in [-0.2, 0) is 13.0 Å². The van der Waals surface area contributed by atoms with E-state index in [2.05, 4.69) is 32.6 Å². The standard InChI is InChI=1S/C13H20N6O/c1-4-5-10-17-12(9(3)13(18-10)19-14)16-7-11-15-6-8(2)20-11/h6H,4-5,7,14H2,1-3H3,(H2,16,17,18,19). The Kier molecular flexibility index (Phi) is 4.52. The maximum Gasteiger partial charge on any atom is 0.213 e. The molecule has 0 fully saturated rings. The van der Waals surface area contributed by atoms with Crippen molar-refractivity contribution in [3.05, 3.63) is 29.2 Å². The molecule has 0 saturated heterocycles. The summed E-state index contributed by atoms with van der Waals surface area (Å²) < 4.78 is 5.42. The van der Waals surface area contributed by atoms with Gasteiger partial charge in [-0.2, -0.15) is 0 Å². The van der Waals surface area contributed by atoms with Gasteiger partial charge in [-0.25, -0.2) is 20.8 Å². The first-order chi connectivity index (χ1) is 9.63. The van der Waals surface area contributed by atoms with Gasteiger partial charge in [0.05, 0.1) is 12.7 Å². The van der Waals surface area contributed by atoms with Crippen LogP contribution in [0.25, 0.3) is 0 Å². The molecule has 2 aromatic rings. The molecule has 0 amide bonds. The summed E-state index contributed by atoms with van der Waals surface area (Å²) in [6.07, 6.45) is 3.48. The third-order valence-electron chi connectivity index (χ3n) is 2.88. The molecule has 0 saturated carbocycles. The van der Waals surface area contributed by atoms with Gasteiger partial charge in [-0.1, -0.05) is 6.92 Å². The summed E-state index contributed by atoms with van der Waals surface area (Å²) in [5.74, 6) is 9.05. The Labute approximate surface area is 118 Å². The summed E-state index contributed by atoms with van der Waals surface area (Å²) >= 11 is 0. The molecule has 0 bridgehead atoms. The Hall–Kier alpha value is -2.15. The lowest BCUT2D eigenvalue weighted by atomic mass is 10.2. The highest BCUT2D eigenvalue weighted by Crippen LogP contribution is 2.20. The van der Waals surface area contributed by atoms with Crippen molar-refractivity contribution < 1.29 is 4.42 Å². The minimum atomic E-state index is 0.473. The highest BCUT2D eigenvalue weighted by atomic mass is 16.4. The largest absolute Gasteiger partial charge is 0.444 e. The maximum atomic E-state index is 5.50. The zero-order valence-electron chi connectivity index (χ0n) is 12.0. The molecule has 2 rings (SSSR count). The highest BCUT2D eigenvalue weighted by Gasteiger charge is 2.10. The highest BCUT2D eigenvalue weighted by molar-refractivity contribution is 5.56. The number of anilines is 2. The van der Waals surface area contributed by atoms with Crippen LogP contribution in [0.1, 0.15) is 36.4 Å². The number of nitrogens with zero attached hydrogens (tertiary/aromatic N) is 3. The van der Waals surface area contributed by atoms with Gasteiger partial charge in [0, 0.05) is 12.0 Å². The smallest absolute Gasteiger partial charge is 0.213 e. The van der Waals surface area contributed by atoms with Gasteiger partial charge < -0.3 is 15.2 Å². The van der Waals surface area contributed by atoms with E-state index in [-0.39, 0.29) is 0 Å². The van der Waals surface area contributed by atoms with Gasteiger partial charge >= 0.3 is 0 Å². The number of aromatic nitrogens is 3. The van der Waals surface area contributed by atoms with E-state index < -0.39 is 0 Å². The Morgan fingerprint density at radius 1 is 1.25 bits per heavy atom. The molecule has 0 spiro atoms. The van der Waals surface area contributed by atoms with Crippen LogP contribution in [0.2, 0.25) is 0 Å². The molecular weight excluding hydrogens is 256 g/mol. The first kappa shape index (κ1) is 14.3. The van der Waals surface area contributed by atoms with Gasteiger partial charge in [0.25, 0.3) is 0 Å². The third-order valence-corrected chi connectivity index (χ3v) is 2.88. The molecule has 0 aromatic carbocycles. The third kappa shape index (κ3) is 3.24. The van der Waals surface area contributed by atoms with Gasteiger partial charge in [0.2, 0.25) is 5.89 Å². The number of aryl methyl sites for hydroxylation is 2. The van der Waals surface area contributed by atoms with E-state index in [1.165, 1.54) is 0 Å². The number of rotatable bonds is 6. The van der Waals surface area contributed by atoms with Gasteiger partial charge in [-0.05, 0) is 20.3 Å². The molecule has 0 aliphatic heterocycles. The first-order valence-electron chi connectivity index (χ1n) is 6.63. The number of hydrogen-bond acceptors (Lipinski definition) is 7. The zero-order chi connectivity index (χ0) is 14.5. The summed E-state index contributed by atoms with van der Waals surface area (Å²) in [6, 6.07) is 0. The summed E-state index contributed by atoms with van der Waals surface area (Å²) in [4.78, 5) is 13.0. The number of nitrogens with two attached hydrogens (primary N) is 1. The van der Waals surface area contributed by atoms with Crippen LogP contribution in [0.5, 0.6) is 0 Å². The van der Waals surface area contributed by atoms with E-state index >= 15 is 0 Å². The minimum Gasteiger partial charge on any atom is -0.444 e. The molecule has 0 radical (unpaired) electrons. The van der Waals surface area contributed by atoms with Gasteiger partial charge in [0.1, 0.15) is 23.2 Å². The lowest BCUT2D eigenvalue weighted by Gasteiger charge is -2.12. The molecule has 4 N–H and O–H groups in total. The van der Waals surface area contributed by atoms with Crippen LogP contribution < -0.4 is 16.6 Å². The number of hydrazine groups is 1. The van der Waals surface area contributed by atoms with Crippen molar-refractivity contribution in [1.82, 2.24) is 15.0 Å². The number of hydrogen-bond donors (Lipinski definition) is 3. The Morgan fingerprint density at radius 2 is 2.00 bits per heavy atom. The van der Waals surface area contributed by atoms with E-state index in [1.54, 1.807) is 6.20 Å². The van der Waals surface area contributed by atoms with Crippen LogP contribution >= 0.6 is 0 Å². The van der Waals surface area contributed by atoms with Crippen molar-refractivity contribution >= 4 is 11.6 Å². The number of nitrogens with one attached hydrogen (secondary N) is 2. The number of oxazole rings is 1. The molecule has 20 heavy (non-hydrogen) atoms. The van der Waals surface area contributed by atoms with Crippen LogP contribution in [0.4, 0.5) is 11.6 Å². The Bertz CT molecular complexity index is 580. The monoisotopic (exact) mass is 276 g/mol. The fraction of sp³-hybridized carbons (Fsp3) is 0.462. The first-order valence-corrected chi connectivity index (χ1v) is 6.63. The molecule has 0 aliphatic rings. The SMILES string of the molecule is CCCc1nc(NN)c(C)c(NCc2ncc(C)o2)n1. The Balaban J connectivity index is 2.18. The molecule has 7 nitrogen and oxygen atoms in total. The van der Waals surface area contributed by atoms with Crippen molar-refractivity contribution in [3.63, 3.8) is 0 Å². The van der Waals surface area contributed by atoms with E-state index in [0.717, 1.165) is 35.8 Å². The summed E-state index contributed by atoms with van der Waals surface area (Å²) in [7, 11) is 0. The lowest BCUT2D eigenvalue weighted by Crippen LogP contribution is -2.15. The van der Waals surface area contributed by atoms with Gasteiger partial charge in [-0.3, -0.25) is 0 Å². The van der Waals surface area contributed by atoms with Crippen LogP contribution in [0.3, 0.4) is 0 Å². The predicted octanol–water partition coefficient (Wildman–Crippen LogP) is 1.93. The molecule has 0 aliphatic carbocycles. The van der Waals surface area contributed by atoms with Gasteiger partial charge in [0.15, 0.2) is 0 Å². The molecule has 0 atom stereocenters. The molecule has 108 valence electrons. The molecule has 2 heterocycles. The quantitative estimate of drug-likeness (QED) is 0.547. The number of nitrogen functional groups attached to an aromatic ring is 1. The predicted molar refractivity (Wildman–Crippen MR) is 77.1 cm³/mol. The fourth-order valence-corrected chi connectivity index (χ4v) is 1.85. The van der Waals surface area contributed by atoms with Crippen molar-refractivity contribution in [2.75, 3.05) is 10.7 Å². The molecule has 2 aromatic heterocycles. The zero-order valence-corrected chi connectivity index (χ0v) is 12.0. The van der Waals surface area contributed by atoms with E-state index in [1.807, 2.05) is 13.8 Å². The normalized spacial score (nSPS) is 10.6. The lowest BCUT2D eigenvalue weighted by molar-refractivity contribution is 0.478. The van der Waals surface area contributed by atoms with E-state index in [9.17, 15) is 0 Å². The summed E-state index contributed by atoms with van der Waals surface area (Å²) in [6.45, 7) is 6.33. The second kappa shape index (κ2) is 6.33. The molecular formula is C13H20N6O. The van der Waals surface area contributed by atoms with Gasteiger partial charge in [-0.15, -0.1) is 0 Å². The average molecular weight is 276 g/mol. The fourth-order valence-electron chi connectivity index (χ4n) is 1.85.